The topological polar surface area (TPSA) is 99.9 Å². The number of benzene rings is 2. The fourth-order valence-electron chi connectivity index (χ4n) is 2.47. The van der Waals surface area contributed by atoms with Crippen molar-refractivity contribution in [2.75, 3.05) is 17.2 Å². The number of nitrogens with one attached hydrogen (secondary N) is 2. The number of hydrogen-bond acceptors (Lipinski definition) is 7. The maximum absolute atomic E-state index is 11.7. The quantitative estimate of drug-likeness (QED) is 0.322. The number of aromatic nitrogens is 2. The van der Waals surface area contributed by atoms with E-state index in [1.165, 1.54) is 12.5 Å². The van der Waals surface area contributed by atoms with Gasteiger partial charge in [-0.25, -0.2) is 14.8 Å². The standard InChI is InChI=1S/C20H15Cl2N5O2/c1-2-29-20(28)12(9-23)10-24-14-4-6-17-15(8-14)19(26-11-25-17)27-18-5-3-13(21)7-16(18)22/h3-8,10-11,24H,2H2,1H3,(H,25,26,27)/b12-10-. The average Bonchev–Trinajstić information content (AvgIpc) is 2.71. The molecule has 0 atom stereocenters. The molecule has 0 saturated heterocycles. The second-order valence-electron chi connectivity index (χ2n) is 5.74. The molecular formula is C20H15Cl2N5O2. The molecule has 3 rings (SSSR count). The number of hydrogen-bond donors (Lipinski definition) is 2. The molecule has 0 aliphatic rings. The van der Waals surface area contributed by atoms with Crippen molar-refractivity contribution in [1.29, 1.82) is 5.26 Å². The van der Waals surface area contributed by atoms with E-state index in [1.54, 1.807) is 43.3 Å². The van der Waals surface area contributed by atoms with Crippen LogP contribution in [0.2, 0.25) is 10.0 Å². The molecule has 0 fully saturated rings. The Morgan fingerprint density at radius 2 is 2.07 bits per heavy atom. The maximum Gasteiger partial charge on any atom is 0.350 e. The van der Waals surface area contributed by atoms with Crippen LogP contribution in [0.5, 0.6) is 0 Å². The van der Waals surface area contributed by atoms with Gasteiger partial charge in [0.05, 0.1) is 22.8 Å². The summed E-state index contributed by atoms with van der Waals surface area (Å²) in [4.78, 5) is 20.3. The van der Waals surface area contributed by atoms with Gasteiger partial charge in [-0.1, -0.05) is 23.2 Å². The number of anilines is 3. The summed E-state index contributed by atoms with van der Waals surface area (Å²) < 4.78 is 4.84. The lowest BCUT2D eigenvalue weighted by molar-refractivity contribution is -0.138. The van der Waals surface area contributed by atoms with Crippen LogP contribution in [0.4, 0.5) is 17.2 Å². The molecule has 0 amide bonds. The van der Waals surface area contributed by atoms with Gasteiger partial charge < -0.3 is 15.4 Å². The number of rotatable bonds is 6. The molecule has 7 nitrogen and oxygen atoms in total. The molecule has 0 radical (unpaired) electrons. The largest absolute Gasteiger partial charge is 0.462 e. The van der Waals surface area contributed by atoms with Crippen molar-refractivity contribution in [2.24, 2.45) is 0 Å². The van der Waals surface area contributed by atoms with Crippen molar-refractivity contribution >= 4 is 57.3 Å². The minimum Gasteiger partial charge on any atom is -0.462 e. The van der Waals surface area contributed by atoms with Crippen LogP contribution in [-0.4, -0.2) is 22.5 Å². The molecule has 29 heavy (non-hydrogen) atoms. The zero-order chi connectivity index (χ0) is 20.8. The minimum absolute atomic E-state index is 0.137. The van der Waals surface area contributed by atoms with Crippen LogP contribution in [0.25, 0.3) is 10.9 Å². The Labute approximate surface area is 176 Å². The van der Waals surface area contributed by atoms with Crippen molar-refractivity contribution in [3.8, 4) is 6.07 Å². The molecule has 9 heteroatoms. The van der Waals surface area contributed by atoms with Gasteiger partial charge in [0.1, 0.15) is 18.2 Å². The van der Waals surface area contributed by atoms with Gasteiger partial charge in [0.15, 0.2) is 5.57 Å². The number of nitriles is 1. The average molecular weight is 428 g/mol. The third-order valence-corrected chi connectivity index (χ3v) is 4.37. The smallest absolute Gasteiger partial charge is 0.350 e. The summed E-state index contributed by atoms with van der Waals surface area (Å²) in [6.07, 6.45) is 2.74. The Morgan fingerprint density at radius 1 is 1.24 bits per heavy atom. The predicted molar refractivity (Wildman–Crippen MR) is 113 cm³/mol. The van der Waals surface area contributed by atoms with Crippen LogP contribution in [0, 0.1) is 11.3 Å². The molecule has 0 spiro atoms. The van der Waals surface area contributed by atoms with E-state index >= 15 is 0 Å². The van der Waals surface area contributed by atoms with Gasteiger partial charge in [0.2, 0.25) is 0 Å². The van der Waals surface area contributed by atoms with E-state index < -0.39 is 5.97 Å². The summed E-state index contributed by atoms with van der Waals surface area (Å²) in [6.45, 7) is 1.86. The fourth-order valence-corrected chi connectivity index (χ4v) is 2.92. The van der Waals surface area contributed by atoms with E-state index in [0.717, 1.165) is 0 Å². The zero-order valence-corrected chi connectivity index (χ0v) is 16.8. The monoisotopic (exact) mass is 427 g/mol. The molecule has 3 aromatic rings. The molecule has 0 unspecified atom stereocenters. The predicted octanol–water partition coefficient (Wildman–Crippen LogP) is 5.06. The number of esters is 1. The van der Waals surface area contributed by atoms with E-state index in [-0.39, 0.29) is 12.2 Å². The molecule has 0 aliphatic heterocycles. The molecule has 1 heterocycles. The lowest BCUT2D eigenvalue weighted by Gasteiger charge is -2.11. The molecule has 0 aliphatic carbocycles. The van der Waals surface area contributed by atoms with Gasteiger partial charge in [-0.2, -0.15) is 5.26 Å². The van der Waals surface area contributed by atoms with Crippen molar-refractivity contribution in [3.05, 3.63) is 64.5 Å². The molecule has 146 valence electrons. The zero-order valence-electron chi connectivity index (χ0n) is 15.2. The molecule has 0 bridgehead atoms. The Morgan fingerprint density at radius 3 is 2.79 bits per heavy atom. The summed E-state index contributed by atoms with van der Waals surface area (Å²) >= 11 is 12.2. The van der Waals surface area contributed by atoms with Crippen molar-refractivity contribution < 1.29 is 9.53 Å². The number of carbonyl (C=O) groups excluding carboxylic acids is 1. The van der Waals surface area contributed by atoms with Crippen LogP contribution in [0.3, 0.4) is 0 Å². The van der Waals surface area contributed by atoms with Gasteiger partial charge in [0, 0.05) is 22.3 Å². The molecule has 0 saturated carbocycles. The van der Waals surface area contributed by atoms with Crippen LogP contribution in [0.1, 0.15) is 6.92 Å². The number of halogens is 2. The summed E-state index contributed by atoms with van der Waals surface area (Å²) in [5.74, 6) is -0.149. The number of carbonyl (C=O) groups is 1. The van der Waals surface area contributed by atoms with Crippen molar-refractivity contribution in [1.82, 2.24) is 9.97 Å². The fraction of sp³-hybridized carbons (Fsp3) is 0.100. The Balaban J connectivity index is 1.92. The lowest BCUT2D eigenvalue weighted by Crippen LogP contribution is -2.07. The molecule has 1 aromatic heterocycles. The first-order chi connectivity index (χ1) is 14.0. The van der Waals surface area contributed by atoms with Gasteiger partial charge in [-0.3, -0.25) is 0 Å². The van der Waals surface area contributed by atoms with E-state index in [4.69, 9.17) is 33.2 Å². The SMILES string of the molecule is CCOC(=O)/C(C#N)=C\Nc1ccc2ncnc(Nc3ccc(Cl)cc3Cl)c2c1. The van der Waals surface area contributed by atoms with Crippen molar-refractivity contribution in [2.45, 2.75) is 6.92 Å². The highest BCUT2D eigenvalue weighted by atomic mass is 35.5. The first kappa shape index (κ1) is 20.4. The molecule has 2 N–H and O–H groups in total. The highest BCUT2D eigenvalue weighted by Gasteiger charge is 2.10. The number of fused-ring (bicyclic) bond motifs is 1. The van der Waals surface area contributed by atoms with Gasteiger partial charge in [-0.05, 0) is 43.3 Å². The van der Waals surface area contributed by atoms with E-state index in [1.807, 2.05) is 6.07 Å². The summed E-state index contributed by atoms with van der Waals surface area (Å²) in [5.41, 5.74) is 1.84. The molecular weight excluding hydrogens is 413 g/mol. The minimum atomic E-state index is -0.689. The summed E-state index contributed by atoms with van der Waals surface area (Å²) in [6, 6.07) is 12.3. The maximum atomic E-state index is 11.7. The number of nitrogens with zero attached hydrogens (tertiary/aromatic N) is 3. The van der Waals surface area contributed by atoms with E-state index in [0.29, 0.717) is 38.1 Å². The second kappa shape index (κ2) is 9.24. The number of ether oxygens (including phenoxy) is 1. The van der Waals surface area contributed by atoms with E-state index in [2.05, 4.69) is 20.6 Å². The normalized spacial score (nSPS) is 11.0. The second-order valence-corrected chi connectivity index (χ2v) is 6.58. The van der Waals surface area contributed by atoms with Crippen molar-refractivity contribution in [3.63, 3.8) is 0 Å². The molecule has 2 aromatic carbocycles. The summed E-state index contributed by atoms with van der Waals surface area (Å²) in [5, 5.41) is 16.9. The lowest BCUT2D eigenvalue weighted by atomic mass is 10.2. The third kappa shape index (κ3) is 4.93. The highest BCUT2D eigenvalue weighted by molar-refractivity contribution is 6.36. The van der Waals surface area contributed by atoms with Crippen LogP contribution < -0.4 is 10.6 Å². The third-order valence-electron chi connectivity index (χ3n) is 3.82. The Kier molecular flexibility index (Phi) is 6.50. The van der Waals surface area contributed by atoms with Gasteiger partial charge in [0.25, 0.3) is 0 Å². The van der Waals surface area contributed by atoms with Gasteiger partial charge in [-0.15, -0.1) is 0 Å². The first-order valence-corrected chi connectivity index (χ1v) is 9.28. The van der Waals surface area contributed by atoms with Gasteiger partial charge >= 0.3 is 5.97 Å². The van der Waals surface area contributed by atoms with Crippen LogP contribution >= 0.6 is 23.2 Å². The van der Waals surface area contributed by atoms with E-state index in [9.17, 15) is 4.79 Å². The summed E-state index contributed by atoms with van der Waals surface area (Å²) in [7, 11) is 0. The Bertz CT molecular complexity index is 1140. The Hall–Kier alpha value is -3.34. The van der Waals surface area contributed by atoms with Crippen LogP contribution in [0.15, 0.2) is 54.5 Å². The first-order valence-electron chi connectivity index (χ1n) is 8.52. The highest BCUT2D eigenvalue weighted by Crippen LogP contribution is 2.31. The van der Waals surface area contributed by atoms with Crippen LogP contribution in [-0.2, 0) is 9.53 Å².